The van der Waals surface area contributed by atoms with E-state index in [9.17, 15) is 10.1 Å². The molecular formula is C8H7NO2S. The lowest BCUT2D eigenvalue weighted by molar-refractivity contribution is -0.375. The number of rotatable bonds is 2. The smallest absolute Gasteiger partial charge is 0.258 e. The Balaban J connectivity index is 3.05. The van der Waals surface area contributed by atoms with Gasteiger partial charge in [0, 0.05) is 5.41 Å². The van der Waals surface area contributed by atoms with Gasteiger partial charge in [-0.25, -0.2) is 0 Å². The fourth-order valence-electron chi connectivity index (χ4n) is 0.836. The van der Waals surface area contributed by atoms with E-state index in [-0.39, 0.29) is 5.70 Å². The lowest BCUT2D eigenvalue weighted by Crippen LogP contribution is -1.96. The summed E-state index contributed by atoms with van der Waals surface area (Å²) in [5.41, 5.74) is 0.580. The Morgan fingerprint density at radius 2 is 2.00 bits per heavy atom. The number of hydrogen-bond donors (Lipinski definition) is 1. The molecule has 0 aromatic heterocycles. The van der Waals surface area contributed by atoms with Gasteiger partial charge in [-0.15, -0.1) is 12.6 Å². The van der Waals surface area contributed by atoms with Crippen molar-refractivity contribution in [3.8, 4) is 0 Å². The van der Waals surface area contributed by atoms with Gasteiger partial charge < -0.3 is 0 Å². The van der Waals surface area contributed by atoms with E-state index in [1.54, 1.807) is 30.3 Å². The van der Waals surface area contributed by atoms with Gasteiger partial charge >= 0.3 is 0 Å². The molecule has 1 aromatic carbocycles. The molecule has 0 radical (unpaired) electrons. The highest BCUT2D eigenvalue weighted by Crippen LogP contribution is 2.14. The Labute approximate surface area is 75.3 Å². The minimum atomic E-state index is -0.456. The molecule has 0 amide bonds. The molecule has 0 spiro atoms. The molecule has 0 unspecified atom stereocenters. The van der Waals surface area contributed by atoms with E-state index < -0.39 is 4.92 Å². The van der Waals surface area contributed by atoms with Crippen molar-refractivity contribution in [1.82, 2.24) is 0 Å². The Hall–Kier alpha value is -1.29. The van der Waals surface area contributed by atoms with E-state index >= 15 is 0 Å². The van der Waals surface area contributed by atoms with Gasteiger partial charge in [0.1, 0.15) is 0 Å². The molecule has 12 heavy (non-hydrogen) atoms. The third kappa shape index (κ3) is 1.85. The van der Waals surface area contributed by atoms with Gasteiger partial charge in [-0.05, 0) is 12.1 Å². The normalized spacial score (nSPS) is 11.2. The molecule has 0 aliphatic heterocycles. The minimum absolute atomic E-state index is 0.0129. The van der Waals surface area contributed by atoms with Crippen molar-refractivity contribution >= 4 is 18.3 Å². The zero-order valence-corrected chi connectivity index (χ0v) is 7.07. The monoisotopic (exact) mass is 181 g/mol. The Kier molecular flexibility index (Phi) is 2.88. The van der Waals surface area contributed by atoms with Crippen LogP contribution in [-0.2, 0) is 0 Å². The van der Waals surface area contributed by atoms with E-state index in [4.69, 9.17) is 0 Å². The standard InChI is InChI=1S/C8H7NO2S/c10-9(11)8(6-12)7-4-2-1-3-5-7/h1-6,12H. The van der Waals surface area contributed by atoms with Crippen LogP contribution < -0.4 is 0 Å². The summed E-state index contributed by atoms with van der Waals surface area (Å²) in [4.78, 5) is 9.96. The summed E-state index contributed by atoms with van der Waals surface area (Å²) in [6.45, 7) is 0. The van der Waals surface area contributed by atoms with Gasteiger partial charge in [-0.2, -0.15) is 0 Å². The highest BCUT2D eigenvalue weighted by Gasteiger charge is 2.10. The molecule has 0 aliphatic rings. The van der Waals surface area contributed by atoms with Crippen molar-refractivity contribution in [2.45, 2.75) is 0 Å². The summed E-state index contributed by atoms with van der Waals surface area (Å²) >= 11 is 3.76. The van der Waals surface area contributed by atoms with E-state index in [1.165, 1.54) is 5.41 Å². The third-order valence-corrected chi connectivity index (χ3v) is 1.63. The van der Waals surface area contributed by atoms with Crippen molar-refractivity contribution in [3.05, 3.63) is 51.4 Å². The summed E-state index contributed by atoms with van der Waals surface area (Å²) < 4.78 is 0. The van der Waals surface area contributed by atoms with Crippen molar-refractivity contribution in [2.75, 3.05) is 0 Å². The summed E-state index contributed by atoms with van der Waals surface area (Å²) in [6, 6.07) is 8.64. The summed E-state index contributed by atoms with van der Waals surface area (Å²) in [5, 5.41) is 11.6. The molecule has 0 heterocycles. The molecule has 1 rings (SSSR count). The topological polar surface area (TPSA) is 43.1 Å². The van der Waals surface area contributed by atoms with Crippen molar-refractivity contribution in [2.24, 2.45) is 0 Å². The first kappa shape index (κ1) is 8.80. The van der Waals surface area contributed by atoms with Crippen molar-refractivity contribution < 1.29 is 4.92 Å². The zero-order valence-electron chi connectivity index (χ0n) is 6.18. The van der Waals surface area contributed by atoms with Crippen LogP contribution in [0.4, 0.5) is 0 Å². The number of nitro groups is 1. The largest absolute Gasteiger partial charge is 0.282 e. The average Bonchev–Trinajstić information content (AvgIpc) is 2.07. The van der Waals surface area contributed by atoms with E-state index in [0.717, 1.165) is 0 Å². The molecule has 62 valence electrons. The summed E-state index contributed by atoms with van der Waals surface area (Å²) in [6.07, 6.45) is 0. The van der Waals surface area contributed by atoms with E-state index in [0.29, 0.717) is 5.56 Å². The van der Waals surface area contributed by atoms with Gasteiger partial charge in [0.2, 0.25) is 0 Å². The van der Waals surface area contributed by atoms with Crippen LogP contribution in [-0.4, -0.2) is 4.92 Å². The Bertz CT molecular complexity index is 308. The quantitative estimate of drug-likeness (QED) is 0.431. The molecule has 4 heteroatoms. The zero-order chi connectivity index (χ0) is 8.97. The van der Waals surface area contributed by atoms with Crippen LogP contribution in [0.25, 0.3) is 5.70 Å². The van der Waals surface area contributed by atoms with Crippen LogP contribution in [0.2, 0.25) is 0 Å². The maximum absolute atomic E-state index is 10.4. The minimum Gasteiger partial charge on any atom is -0.258 e. The van der Waals surface area contributed by atoms with Gasteiger partial charge in [0.05, 0.1) is 10.5 Å². The molecule has 0 fully saturated rings. The van der Waals surface area contributed by atoms with Crippen LogP contribution in [0.15, 0.2) is 35.7 Å². The second kappa shape index (κ2) is 3.92. The number of nitrogens with zero attached hydrogens (tertiary/aromatic N) is 1. The molecule has 0 bridgehead atoms. The molecule has 1 aromatic rings. The molecule has 0 saturated heterocycles. The Morgan fingerprint density at radius 3 is 2.42 bits per heavy atom. The van der Waals surface area contributed by atoms with Crippen LogP contribution in [0.1, 0.15) is 5.56 Å². The van der Waals surface area contributed by atoms with Crippen LogP contribution in [0.3, 0.4) is 0 Å². The average molecular weight is 181 g/mol. The third-order valence-electron chi connectivity index (χ3n) is 1.39. The molecule has 0 saturated carbocycles. The van der Waals surface area contributed by atoms with Gasteiger partial charge in [0.25, 0.3) is 5.70 Å². The Morgan fingerprint density at radius 1 is 1.42 bits per heavy atom. The van der Waals surface area contributed by atoms with E-state index in [2.05, 4.69) is 12.6 Å². The highest BCUT2D eigenvalue weighted by atomic mass is 32.1. The molecule has 0 N–H and O–H groups in total. The fourth-order valence-corrected chi connectivity index (χ4v) is 1.08. The van der Waals surface area contributed by atoms with Gasteiger partial charge in [-0.3, -0.25) is 10.1 Å². The maximum atomic E-state index is 10.4. The molecule has 3 nitrogen and oxygen atoms in total. The lowest BCUT2D eigenvalue weighted by atomic mass is 10.2. The van der Waals surface area contributed by atoms with Crippen molar-refractivity contribution in [3.63, 3.8) is 0 Å². The maximum Gasteiger partial charge on any atom is 0.282 e. The van der Waals surface area contributed by atoms with Gasteiger partial charge in [-0.1, -0.05) is 18.2 Å². The fraction of sp³-hybridized carbons (Fsp3) is 0. The second-order valence-electron chi connectivity index (χ2n) is 2.14. The predicted molar refractivity (Wildman–Crippen MR) is 50.4 cm³/mol. The van der Waals surface area contributed by atoms with Crippen LogP contribution >= 0.6 is 12.6 Å². The first-order chi connectivity index (χ1) is 5.75. The number of hydrogen-bond acceptors (Lipinski definition) is 3. The first-order valence-corrected chi connectivity index (χ1v) is 3.81. The lowest BCUT2D eigenvalue weighted by Gasteiger charge is -1.95. The first-order valence-electron chi connectivity index (χ1n) is 3.30. The molecular weight excluding hydrogens is 174 g/mol. The summed E-state index contributed by atoms with van der Waals surface area (Å²) in [7, 11) is 0. The molecule has 0 atom stereocenters. The molecule has 0 aliphatic carbocycles. The number of benzene rings is 1. The number of thiol groups is 1. The highest BCUT2D eigenvalue weighted by molar-refractivity contribution is 7.83. The SMILES string of the molecule is O=[N+]([O-])C(=CS)c1ccccc1. The van der Waals surface area contributed by atoms with Crippen molar-refractivity contribution in [1.29, 1.82) is 0 Å². The second-order valence-corrected chi connectivity index (χ2v) is 2.40. The van der Waals surface area contributed by atoms with Crippen LogP contribution in [0, 0.1) is 10.1 Å². The van der Waals surface area contributed by atoms with Gasteiger partial charge in [0.15, 0.2) is 0 Å². The van der Waals surface area contributed by atoms with Crippen LogP contribution in [0.5, 0.6) is 0 Å². The predicted octanol–water partition coefficient (Wildman–Crippen LogP) is 2.19. The summed E-state index contributed by atoms with van der Waals surface area (Å²) in [5.74, 6) is 0. The van der Waals surface area contributed by atoms with E-state index in [1.807, 2.05) is 0 Å².